The van der Waals surface area contributed by atoms with Gasteiger partial charge in [0.25, 0.3) is 0 Å². The Hall–Kier alpha value is -1.46. The van der Waals surface area contributed by atoms with Crippen molar-refractivity contribution >= 4 is 5.97 Å². The molecule has 0 fully saturated rings. The number of carbonyl (C=O) groups is 1. The molecule has 0 aliphatic carbocycles. The van der Waals surface area contributed by atoms with Crippen molar-refractivity contribution in [3.63, 3.8) is 0 Å². The predicted octanol–water partition coefficient (Wildman–Crippen LogP) is 0.100. The highest BCUT2D eigenvalue weighted by molar-refractivity contribution is 5.66. The first-order chi connectivity index (χ1) is 6.75. The Morgan fingerprint density at radius 3 is 3.29 bits per heavy atom. The Kier molecular flexibility index (Phi) is 2.43. The summed E-state index contributed by atoms with van der Waals surface area (Å²) in [5, 5.41) is 19.8. The van der Waals surface area contributed by atoms with Gasteiger partial charge in [0.1, 0.15) is 0 Å². The standard InChI is InChI=1S/C8H12N4O2/c13-8(14)2-1-6-3-4-12-7(5-6)9-10-11-12/h6H,1-5H2,(H,13,14). The molecule has 0 spiro atoms. The lowest BCUT2D eigenvalue weighted by atomic mass is 9.93. The third kappa shape index (κ3) is 1.89. The van der Waals surface area contributed by atoms with E-state index in [-0.39, 0.29) is 6.42 Å². The zero-order valence-electron chi connectivity index (χ0n) is 7.76. The molecule has 6 nitrogen and oxygen atoms in total. The summed E-state index contributed by atoms with van der Waals surface area (Å²) in [6, 6.07) is 0. The zero-order chi connectivity index (χ0) is 9.97. The van der Waals surface area contributed by atoms with Gasteiger partial charge in [-0.2, -0.15) is 0 Å². The molecule has 1 atom stereocenters. The van der Waals surface area contributed by atoms with E-state index >= 15 is 0 Å². The molecule has 0 saturated carbocycles. The molecule has 0 saturated heterocycles. The first-order valence-corrected chi connectivity index (χ1v) is 4.72. The number of aliphatic carboxylic acids is 1. The number of fused-ring (bicyclic) bond motifs is 1. The Balaban J connectivity index is 1.91. The van der Waals surface area contributed by atoms with Crippen LogP contribution in [0.5, 0.6) is 0 Å². The van der Waals surface area contributed by atoms with Crippen LogP contribution in [0.25, 0.3) is 0 Å². The quantitative estimate of drug-likeness (QED) is 0.741. The second-order valence-corrected chi connectivity index (χ2v) is 3.61. The SMILES string of the molecule is O=C(O)CCC1CCn2nnnc2C1. The summed E-state index contributed by atoms with van der Waals surface area (Å²) in [7, 11) is 0. The van der Waals surface area contributed by atoms with Crippen LogP contribution in [0.3, 0.4) is 0 Å². The largest absolute Gasteiger partial charge is 0.481 e. The van der Waals surface area contributed by atoms with E-state index in [2.05, 4.69) is 15.5 Å². The highest BCUT2D eigenvalue weighted by atomic mass is 16.4. The summed E-state index contributed by atoms with van der Waals surface area (Å²) in [6.07, 6.45) is 2.75. The average Bonchev–Trinajstić information content (AvgIpc) is 2.61. The second-order valence-electron chi connectivity index (χ2n) is 3.61. The van der Waals surface area contributed by atoms with Crippen LogP contribution in [-0.2, 0) is 17.8 Å². The monoisotopic (exact) mass is 196 g/mol. The van der Waals surface area contributed by atoms with Gasteiger partial charge in [-0.25, -0.2) is 4.68 Å². The summed E-state index contributed by atoms with van der Waals surface area (Å²) in [4.78, 5) is 10.4. The van der Waals surface area contributed by atoms with Gasteiger partial charge in [-0.15, -0.1) is 5.10 Å². The van der Waals surface area contributed by atoms with Crippen LogP contribution in [0.4, 0.5) is 0 Å². The van der Waals surface area contributed by atoms with E-state index in [1.165, 1.54) is 0 Å². The molecule has 0 radical (unpaired) electrons. The number of hydrogen-bond acceptors (Lipinski definition) is 4. The van der Waals surface area contributed by atoms with Gasteiger partial charge in [-0.3, -0.25) is 4.79 Å². The van der Waals surface area contributed by atoms with Gasteiger partial charge in [0, 0.05) is 19.4 Å². The number of aryl methyl sites for hydroxylation is 1. The van der Waals surface area contributed by atoms with Crippen LogP contribution in [0.15, 0.2) is 0 Å². The molecule has 0 amide bonds. The number of carboxylic acid groups (broad SMARTS) is 1. The lowest BCUT2D eigenvalue weighted by molar-refractivity contribution is -0.137. The van der Waals surface area contributed by atoms with Crippen molar-refractivity contribution in [3.05, 3.63) is 5.82 Å². The minimum absolute atomic E-state index is 0.242. The van der Waals surface area contributed by atoms with E-state index in [1.54, 1.807) is 4.68 Å². The van der Waals surface area contributed by atoms with Crippen LogP contribution in [0.2, 0.25) is 0 Å². The number of aromatic nitrogens is 4. The van der Waals surface area contributed by atoms with Crippen LogP contribution in [0.1, 0.15) is 25.1 Å². The van der Waals surface area contributed by atoms with Crippen molar-refractivity contribution in [2.24, 2.45) is 5.92 Å². The molecule has 0 bridgehead atoms. The maximum atomic E-state index is 10.4. The van der Waals surface area contributed by atoms with Gasteiger partial charge in [-0.05, 0) is 29.2 Å². The van der Waals surface area contributed by atoms with Crippen LogP contribution >= 0.6 is 0 Å². The van der Waals surface area contributed by atoms with E-state index in [9.17, 15) is 4.79 Å². The Labute approximate surface area is 80.9 Å². The van der Waals surface area contributed by atoms with Crippen molar-refractivity contribution in [2.45, 2.75) is 32.2 Å². The fourth-order valence-corrected chi connectivity index (χ4v) is 1.78. The molecule has 1 aromatic rings. The molecule has 1 N–H and O–H groups in total. The van der Waals surface area contributed by atoms with E-state index in [4.69, 9.17) is 5.11 Å². The zero-order valence-corrected chi connectivity index (χ0v) is 7.76. The van der Waals surface area contributed by atoms with E-state index < -0.39 is 5.97 Å². The lowest BCUT2D eigenvalue weighted by Gasteiger charge is -2.20. The first kappa shape index (κ1) is 9.11. The average molecular weight is 196 g/mol. The van der Waals surface area contributed by atoms with Crippen molar-refractivity contribution < 1.29 is 9.90 Å². The van der Waals surface area contributed by atoms with Crippen molar-refractivity contribution in [2.75, 3.05) is 0 Å². The number of carboxylic acids is 1. The smallest absolute Gasteiger partial charge is 0.303 e. The van der Waals surface area contributed by atoms with Crippen LogP contribution in [-0.4, -0.2) is 31.3 Å². The van der Waals surface area contributed by atoms with Gasteiger partial charge in [0.05, 0.1) is 0 Å². The maximum absolute atomic E-state index is 10.4. The minimum Gasteiger partial charge on any atom is -0.481 e. The van der Waals surface area contributed by atoms with Gasteiger partial charge < -0.3 is 5.11 Å². The molecule has 1 aromatic heterocycles. The first-order valence-electron chi connectivity index (χ1n) is 4.72. The Bertz CT molecular complexity index is 336. The fourth-order valence-electron chi connectivity index (χ4n) is 1.78. The lowest BCUT2D eigenvalue weighted by Crippen LogP contribution is -2.21. The molecular weight excluding hydrogens is 184 g/mol. The molecule has 6 heteroatoms. The summed E-state index contributed by atoms with van der Waals surface area (Å²) in [5.74, 6) is 0.575. The maximum Gasteiger partial charge on any atom is 0.303 e. The highest BCUT2D eigenvalue weighted by Crippen LogP contribution is 2.21. The van der Waals surface area contributed by atoms with Gasteiger partial charge in [-0.1, -0.05) is 0 Å². The van der Waals surface area contributed by atoms with Gasteiger partial charge >= 0.3 is 5.97 Å². The number of tetrazole rings is 1. The molecule has 76 valence electrons. The van der Waals surface area contributed by atoms with Gasteiger partial charge in [0.15, 0.2) is 5.82 Å². The molecule has 1 aliphatic heterocycles. The van der Waals surface area contributed by atoms with Crippen molar-refractivity contribution in [1.82, 2.24) is 20.2 Å². The second kappa shape index (κ2) is 3.73. The molecule has 2 heterocycles. The third-order valence-electron chi connectivity index (χ3n) is 2.59. The summed E-state index contributed by atoms with van der Waals surface area (Å²) >= 11 is 0. The Morgan fingerprint density at radius 1 is 1.64 bits per heavy atom. The molecule has 1 aliphatic rings. The molecule has 2 rings (SSSR count). The summed E-state index contributed by atoms with van der Waals surface area (Å²) in [6.45, 7) is 0.812. The van der Waals surface area contributed by atoms with Crippen molar-refractivity contribution in [1.29, 1.82) is 0 Å². The summed E-state index contributed by atoms with van der Waals surface area (Å²) < 4.78 is 1.79. The molecule has 14 heavy (non-hydrogen) atoms. The topological polar surface area (TPSA) is 80.9 Å². The Morgan fingerprint density at radius 2 is 2.50 bits per heavy atom. The summed E-state index contributed by atoms with van der Waals surface area (Å²) in [5.41, 5.74) is 0. The molecule has 0 aromatic carbocycles. The highest BCUT2D eigenvalue weighted by Gasteiger charge is 2.21. The molecule has 1 unspecified atom stereocenters. The number of nitrogens with zero attached hydrogens (tertiary/aromatic N) is 4. The fraction of sp³-hybridized carbons (Fsp3) is 0.750. The third-order valence-corrected chi connectivity index (χ3v) is 2.59. The van der Waals surface area contributed by atoms with E-state index in [0.29, 0.717) is 5.92 Å². The minimum atomic E-state index is -0.727. The van der Waals surface area contributed by atoms with Crippen LogP contribution in [0, 0.1) is 5.92 Å². The predicted molar refractivity (Wildman–Crippen MR) is 46.5 cm³/mol. The van der Waals surface area contributed by atoms with E-state index in [0.717, 1.165) is 31.6 Å². The normalized spacial score (nSPS) is 20.4. The number of rotatable bonds is 3. The van der Waals surface area contributed by atoms with E-state index in [1.807, 2.05) is 0 Å². The van der Waals surface area contributed by atoms with Gasteiger partial charge in [0.2, 0.25) is 0 Å². The van der Waals surface area contributed by atoms with Crippen LogP contribution < -0.4 is 0 Å². The molecular formula is C8H12N4O2. The van der Waals surface area contributed by atoms with Crippen molar-refractivity contribution in [3.8, 4) is 0 Å². The number of hydrogen-bond donors (Lipinski definition) is 1.